The van der Waals surface area contributed by atoms with E-state index in [4.69, 9.17) is 0 Å². The Morgan fingerprint density at radius 1 is 1.07 bits per heavy atom. The highest BCUT2D eigenvalue weighted by molar-refractivity contribution is 8.77. The molecule has 0 saturated heterocycles. The summed E-state index contributed by atoms with van der Waals surface area (Å²) in [6, 6.07) is 5.82. The van der Waals surface area contributed by atoms with Crippen molar-refractivity contribution in [3.63, 3.8) is 0 Å². The van der Waals surface area contributed by atoms with Crippen molar-refractivity contribution in [2.75, 3.05) is 19.6 Å². The topological polar surface area (TPSA) is 59.1 Å². The summed E-state index contributed by atoms with van der Waals surface area (Å²) in [5, 5.41) is 3.61. The molecule has 1 aromatic rings. The average molecular weight is 497 g/mol. The number of hydrogen-bond donors (Lipinski definition) is 2. The molecular weight excluding hydrogens is 461 g/mol. The van der Waals surface area contributed by atoms with Gasteiger partial charge in [-0.15, -0.1) is 0 Å². The van der Waals surface area contributed by atoms with Gasteiger partial charge in [-0.05, 0) is 63.1 Å². The highest BCUT2D eigenvalue weighted by atomic mass is 33.1. The lowest BCUT2D eigenvalue weighted by Gasteiger charge is -2.21. The van der Waals surface area contributed by atoms with Crippen molar-refractivity contribution in [1.29, 1.82) is 0 Å². The third-order valence-corrected chi connectivity index (χ3v) is 9.00. The normalized spacial score (nSPS) is 10.8. The molecule has 1 N–H and O–H groups in total. The van der Waals surface area contributed by atoms with Crippen LogP contribution in [-0.4, -0.2) is 45.7 Å². The molecular formula is C20H36N2O2S5. The minimum atomic E-state index is -0.0950. The average Bonchev–Trinajstić information content (AvgIpc) is 2.68. The first kappa shape index (κ1) is 31.2. The maximum absolute atomic E-state index is 11.3. The third-order valence-electron chi connectivity index (χ3n) is 3.18. The van der Waals surface area contributed by atoms with Crippen molar-refractivity contribution in [2.45, 2.75) is 68.4 Å². The molecule has 29 heavy (non-hydrogen) atoms. The van der Waals surface area contributed by atoms with Crippen LogP contribution in [0.4, 0.5) is 0 Å². The Hall–Kier alpha value is 0.0400. The number of nitrogens with zero attached hydrogens (tertiary/aromatic N) is 1. The van der Waals surface area contributed by atoms with Crippen LogP contribution in [0.5, 0.6) is 0 Å². The number of thiol groups is 1. The van der Waals surface area contributed by atoms with Gasteiger partial charge in [0.15, 0.2) is 0 Å². The number of amides is 1. The molecule has 4 nitrogen and oxygen atoms in total. The predicted molar refractivity (Wildman–Crippen MR) is 140 cm³/mol. The second-order valence-corrected chi connectivity index (χ2v) is 13.0. The minimum absolute atomic E-state index is 0.0686. The number of pyridine rings is 1. The number of carbonyl (C=O) groups excluding carboxylic acids is 2. The zero-order valence-corrected chi connectivity index (χ0v) is 22.9. The van der Waals surface area contributed by atoms with Crippen molar-refractivity contribution in [1.82, 2.24) is 10.3 Å². The van der Waals surface area contributed by atoms with E-state index in [0.29, 0.717) is 25.0 Å². The van der Waals surface area contributed by atoms with Gasteiger partial charge in [-0.2, -0.15) is 12.6 Å². The van der Waals surface area contributed by atoms with Gasteiger partial charge in [0.1, 0.15) is 10.8 Å². The van der Waals surface area contributed by atoms with Gasteiger partial charge in [-0.1, -0.05) is 45.4 Å². The van der Waals surface area contributed by atoms with E-state index in [9.17, 15) is 9.59 Å². The monoisotopic (exact) mass is 496 g/mol. The van der Waals surface area contributed by atoms with Gasteiger partial charge in [0.2, 0.25) is 5.91 Å². The third kappa shape index (κ3) is 18.5. The van der Waals surface area contributed by atoms with Gasteiger partial charge in [0.05, 0.1) is 0 Å². The second-order valence-electron chi connectivity index (χ2n) is 7.02. The van der Waals surface area contributed by atoms with Crippen molar-refractivity contribution < 1.29 is 9.59 Å². The lowest BCUT2D eigenvalue weighted by Crippen LogP contribution is -2.27. The maximum atomic E-state index is 11.3. The maximum Gasteiger partial charge on any atom is 0.221 e. The number of aromatic nitrogens is 1. The second kappa shape index (κ2) is 17.7. The first-order chi connectivity index (χ1) is 13.5. The number of carbonyl (C=O) groups is 2. The van der Waals surface area contributed by atoms with E-state index < -0.39 is 0 Å². The molecule has 1 rings (SSSR count). The molecule has 0 aliphatic rings. The summed E-state index contributed by atoms with van der Waals surface area (Å²) in [6.07, 6.45) is 7.37. The number of nitrogens with one attached hydrogen (secondary N) is 1. The fraction of sp³-hybridized carbons (Fsp3) is 0.650. The first-order valence-corrected chi connectivity index (χ1v) is 14.8. The van der Waals surface area contributed by atoms with Crippen LogP contribution in [0, 0.1) is 0 Å². The zero-order chi connectivity index (χ0) is 22.9. The Bertz CT molecular complexity index is 569. The number of rotatable bonds is 10. The number of Topliss-reactive ketones (excluding diaryl/α,β-unsaturated/α-hetero) is 1. The van der Waals surface area contributed by atoms with Crippen LogP contribution in [-0.2, 0) is 9.59 Å². The fourth-order valence-electron chi connectivity index (χ4n) is 1.91. The van der Waals surface area contributed by atoms with Gasteiger partial charge < -0.3 is 5.32 Å². The highest BCUT2D eigenvalue weighted by Gasteiger charge is 2.23. The summed E-state index contributed by atoms with van der Waals surface area (Å²) >= 11 is 3.53. The molecule has 1 aromatic heterocycles. The summed E-state index contributed by atoms with van der Waals surface area (Å²) in [7, 11) is 8.43. The summed E-state index contributed by atoms with van der Waals surface area (Å²) in [5.74, 6) is 0.427. The molecule has 0 fully saturated rings. The van der Waals surface area contributed by atoms with Crippen LogP contribution in [0.25, 0.3) is 0 Å². The molecule has 168 valence electrons. The van der Waals surface area contributed by atoms with Gasteiger partial charge >= 0.3 is 0 Å². The fourth-order valence-corrected chi connectivity index (χ4v) is 6.26. The lowest BCUT2D eigenvalue weighted by molar-refractivity contribution is -0.121. The quantitative estimate of drug-likeness (QED) is 0.286. The molecule has 0 aliphatic carbocycles. The Morgan fingerprint density at radius 3 is 2.10 bits per heavy atom. The van der Waals surface area contributed by atoms with Gasteiger partial charge in [0, 0.05) is 42.0 Å². The van der Waals surface area contributed by atoms with Crippen LogP contribution in [0.1, 0.15) is 53.9 Å². The number of hydrogen-bond acceptors (Lipinski definition) is 8. The molecule has 0 aromatic carbocycles. The Labute approximate surface area is 198 Å². The molecule has 0 unspecified atom stereocenters. The predicted octanol–water partition coefficient (Wildman–Crippen LogP) is 6.43. The Morgan fingerprint density at radius 2 is 1.66 bits per heavy atom. The van der Waals surface area contributed by atoms with E-state index in [-0.39, 0.29) is 15.4 Å². The van der Waals surface area contributed by atoms with E-state index in [0.717, 1.165) is 5.03 Å². The van der Waals surface area contributed by atoms with E-state index in [2.05, 4.69) is 50.6 Å². The lowest BCUT2D eigenvalue weighted by atomic mass is 10.1. The van der Waals surface area contributed by atoms with Gasteiger partial charge in [-0.3, -0.25) is 9.59 Å². The van der Waals surface area contributed by atoms with Gasteiger partial charge in [0.25, 0.3) is 0 Å². The molecule has 1 heterocycles. The van der Waals surface area contributed by atoms with Crippen molar-refractivity contribution in [3.8, 4) is 0 Å². The zero-order valence-electron chi connectivity index (χ0n) is 18.8. The first-order valence-electron chi connectivity index (χ1n) is 9.20. The summed E-state index contributed by atoms with van der Waals surface area (Å²) in [4.78, 5) is 26.6. The van der Waals surface area contributed by atoms with E-state index in [1.807, 2.05) is 31.4 Å². The Balaban J connectivity index is 0. The standard InChI is InChI=1S/C11H16N2OS2.C8H16OS2.CH4S/c1-11(2,8-9(14)12-3)16-15-10-6-4-5-7-13-10;1-5-7(9)6-8(2,3)11-10-4;1-2/h4-7H,8H2,1-3H3,(H,12,14);5-6H2,1-4H3;2H,1H3. The van der Waals surface area contributed by atoms with E-state index in [1.54, 1.807) is 62.7 Å². The molecule has 0 bridgehead atoms. The van der Waals surface area contributed by atoms with Crippen LogP contribution >= 0.6 is 55.8 Å². The van der Waals surface area contributed by atoms with Crippen LogP contribution in [0.2, 0.25) is 0 Å². The summed E-state index contributed by atoms with van der Waals surface area (Å²) in [5.41, 5.74) is 0. The molecule has 0 radical (unpaired) electrons. The highest BCUT2D eigenvalue weighted by Crippen LogP contribution is 2.41. The molecule has 0 spiro atoms. The molecule has 0 atom stereocenters. The molecule has 1 amide bonds. The van der Waals surface area contributed by atoms with Crippen LogP contribution < -0.4 is 5.32 Å². The SMILES string of the molecule is CCC(=O)CC(C)(C)SSC.CNC(=O)CC(C)(C)SSc1ccccn1.CS. The molecule has 0 saturated carbocycles. The number of ketones is 1. The largest absolute Gasteiger partial charge is 0.359 e. The van der Waals surface area contributed by atoms with Crippen molar-refractivity contribution in [2.24, 2.45) is 0 Å². The Kier molecular flexibility index (Phi) is 19.1. The molecule has 9 heteroatoms. The van der Waals surface area contributed by atoms with Crippen molar-refractivity contribution >= 4 is 67.5 Å². The van der Waals surface area contributed by atoms with E-state index >= 15 is 0 Å². The van der Waals surface area contributed by atoms with Crippen molar-refractivity contribution in [3.05, 3.63) is 24.4 Å². The van der Waals surface area contributed by atoms with Crippen LogP contribution in [0.3, 0.4) is 0 Å². The smallest absolute Gasteiger partial charge is 0.221 e. The summed E-state index contributed by atoms with van der Waals surface area (Å²) < 4.78 is 0.00872. The van der Waals surface area contributed by atoms with Gasteiger partial charge in [-0.25, -0.2) is 4.98 Å². The van der Waals surface area contributed by atoms with E-state index in [1.165, 1.54) is 0 Å². The van der Waals surface area contributed by atoms with Crippen LogP contribution in [0.15, 0.2) is 29.4 Å². The minimum Gasteiger partial charge on any atom is -0.359 e. The molecule has 0 aliphatic heterocycles. The summed E-state index contributed by atoms with van der Waals surface area (Å²) in [6.45, 7) is 10.3.